The second-order valence-corrected chi connectivity index (χ2v) is 5.23. The fourth-order valence-corrected chi connectivity index (χ4v) is 2.34. The summed E-state index contributed by atoms with van der Waals surface area (Å²) >= 11 is 0. The zero-order valence-electron chi connectivity index (χ0n) is 12.4. The first-order valence-corrected chi connectivity index (χ1v) is 7.28. The summed E-state index contributed by atoms with van der Waals surface area (Å²) in [6.45, 7) is 2.05. The standard InChI is InChI=1S/C16H19N2O4/c1-11(19)18-14(10-12-6-3-2-4-7-12)16(21)22-15(20)13-8-5-9-17-13/h2-4,6,13-14,17H,5,8-10H2,1H3,(H,18,19)/t13-,14?/m1/s1. The second kappa shape index (κ2) is 7.70. The van der Waals surface area contributed by atoms with Gasteiger partial charge in [-0.1, -0.05) is 24.3 Å². The molecule has 6 nitrogen and oxygen atoms in total. The summed E-state index contributed by atoms with van der Waals surface area (Å²) in [7, 11) is 0. The van der Waals surface area contributed by atoms with E-state index in [2.05, 4.69) is 16.7 Å². The zero-order valence-corrected chi connectivity index (χ0v) is 12.4. The maximum Gasteiger partial charge on any atom is 0.336 e. The van der Waals surface area contributed by atoms with Crippen LogP contribution in [0.4, 0.5) is 0 Å². The molecule has 6 heteroatoms. The molecule has 1 amide bonds. The Labute approximate surface area is 129 Å². The lowest BCUT2D eigenvalue weighted by Crippen LogP contribution is -2.45. The van der Waals surface area contributed by atoms with Gasteiger partial charge in [0.15, 0.2) is 0 Å². The fourth-order valence-electron chi connectivity index (χ4n) is 2.34. The topological polar surface area (TPSA) is 84.5 Å². The molecule has 0 spiro atoms. The van der Waals surface area contributed by atoms with Crippen molar-refractivity contribution in [3.63, 3.8) is 0 Å². The van der Waals surface area contributed by atoms with Gasteiger partial charge in [-0.3, -0.25) is 4.79 Å². The van der Waals surface area contributed by atoms with Crippen LogP contribution in [0.1, 0.15) is 25.3 Å². The highest BCUT2D eigenvalue weighted by Gasteiger charge is 2.29. The van der Waals surface area contributed by atoms with Gasteiger partial charge in [0.25, 0.3) is 0 Å². The summed E-state index contributed by atoms with van der Waals surface area (Å²) < 4.78 is 4.90. The number of amides is 1. The van der Waals surface area contributed by atoms with Gasteiger partial charge in [0, 0.05) is 13.3 Å². The molecule has 2 rings (SSSR count). The van der Waals surface area contributed by atoms with Gasteiger partial charge < -0.3 is 15.4 Å². The van der Waals surface area contributed by atoms with Crippen LogP contribution in [0.15, 0.2) is 24.3 Å². The van der Waals surface area contributed by atoms with Crippen LogP contribution < -0.4 is 10.6 Å². The molecule has 0 aromatic heterocycles. The third kappa shape index (κ3) is 4.66. The van der Waals surface area contributed by atoms with Crippen LogP contribution >= 0.6 is 0 Å². The van der Waals surface area contributed by atoms with E-state index in [1.54, 1.807) is 12.1 Å². The van der Waals surface area contributed by atoms with Crippen molar-refractivity contribution >= 4 is 17.8 Å². The van der Waals surface area contributed by atoms with E-state index >= 15 is 0 Å². The Hall–Kier alpha value is -2.21. The predicted molar refractivity (Wildman–Crippen MR) is 78.7 cm³/mol. The van der Waals surface area contributed by atoms with Crippen molar-refractivity contribution in [1.82, 2.24) is 10.6 Å². The summed E-state index contributed by atoms with van der Waals surface area (Å²) in [5, 5.41) is 5.49. The molecule has 1 heterocycles. The largest absolute Gasteiger partial charge is 0.390 e. The molecule has 2 N–H and O–H groups in total. The maximum absolute atomic E-state index is 12.2. The molecule has 0 saturated carbocycles. The van der Waals surface area contributed by atoms with Crippen LogP contribution in [-0.4, -0.2) is 36.5 Å². The molecule has 1 aliphatic heterocycles. The van der Waals surface area contributed by atoms with E-state index in [0.29, 0.717) is 6.42 Å². The molecular formula is C16H19N2O4. The number of carbonyl (C=O) groups is 3. The molecule has 0 bridgehead atoms. The summed E-state index contributed by atoms with van der Waals surface area (Å²) in [5.41, 5.74) is 0.754. The normalized spacial score (nSPS) is 18.5. The fraction of sp³-hybridized carbons (Fsp3) is 0.438. The number of carbonyl (C=O) groups excluding carboxylic acids is 3. The first-order chi connectivity index (χ1) is 10.6. The average molecular weight is 303 g/mol. The smallest absolute Gasteiger partial charge is 0.336 e. The molecule has 0 aliphatic carbocycles. The lowest BCUT2D eigenvalue weighted by molar-refractivity contribution is -0.163. The molecule has 22 heavy (non-hydrogen) atoms. The molecule has 1 radical (unpaired) electrons. The number of nitrogens with one attached hydrogen (secondary N) is 2. The minimum atomic E-state index is -0.901. The summed E-state index contributed by atoms with van der Waals surface area (Å²) in [4.78, 5) is 35.3. The van der Waals surface area contributed by atoms with Gasteiger partial charge in [0.1, 0.15) is 12.1 Å². The third-order valence-electron chi connectivity index (χ3n) is 3.41. The number of rotatable bonds is 5. The van der Waals surface area contributed by atoms with Crippen LogP contribution in [0.3, 0.4) is 0 Å². The van der Waals surface area contributed by atoms with E-state index in [0.717, 1.165) is 18.5 Å². The Balaban J connectivity index is 1.99. The van der Waals surface area contributed by atoms with Crippen LogP contribution in [0.2, 0.25) is 0 Å². The SMILES string of the molecule is CC(=O)NC(Cc1[c]cccc1)C(=O)OC(=O)[C@H]1CCCN1. The first kappa shape index (κ1) is 16.2. The van der Waals surface area contributed by atoms with Crippen molar-refractivity contribution in [2.45, 2.75) is 38.3 Å². The quantitative estimate of drug-likeness (QED) is 0.606. The van der Waals surface area contributed by atoms with E-state index in [1.807, 2.05) is 12.1 Å². The summed E-state index contributed by atoms with van der Waals surface area (Å²) in [6.07, 6.45) is 1.76. The van der Waals surface area contributed by atoms with Gasteiger partial charge in [-0.05, 0) is 31.0 Å². The minimum absolute atomic E-state index is 0.227. The second-order valence-electron chi connectivity index (χ2n) is 5.23. The van der Waals surface area contributed by atoms with E-state index in [9.17, 15) is 14.4 Å². The van der Waals surface area contributed by atoms with Gasteiger partial charge >= 0.3 is 11.9 Å². The molecule has 1 aromatic carbocycles. The van der Waals surface area contributed by atoms with Crippen molar-refractivity contribution in [2.24, 2.45) is 0 Å². The Morgan fingerprint density at radius 1 is 1.45 bits per heavy atom. The van der Waals surface area contributed by atoms with E-state index in [-0.39, 0.29) is 12.3 Å². The Morgan fingerprint density at radius 2 is 2.27 bits per heavy atom. The first-order valence-electron chi connectivity index (χ1n) is 7.28. The maximum atomic E-state index is 12.2. The lowest BCUT2D eigenvalue weighted by atomic mass is 10.1. The van der Waals surface area contributed by atoms with Gasteiger partial charge in [-0.25, -0.2) is 9.59 Å². The predicted octanol–water partition coefficient (Wildman–Crippen LogP) is 0.356. The van der Waals surface area contributed by atoms with Crippen LogP contribution in [0, 0.1) is 6.07 Å². The van der Waals surface area contributed by atoms with Crippen molar-refractivity contribution < 1.29 is 19.1 Å². The number of benzene rings is 1. The lowest BCUT2D eigenvalue weighted by Gasteiger charge is -2.17. The molecular weight excluding hydrogens is 284 g/mol. The van der Waals surface area contributed by atoms with E-state index < -0.39 is 24.0 Å². The van der Waals surface area contributed by atoms with Gasteiger partial charge in [-0.2, -0.15) is 0 Å². The Kier molecular flexibility index (Phi) is 5.66. The van der Waals surface area contributed by atoms with Crippen LogP contribution in [-0.2, 0) is 25.5 Å². The zero-order chi connectivity index (χ0) is 15.9. The highest BCUT2D eigenvalue weighted by atomic mass is 16.6. The third-order valence-corrected chi connectivity index (χ3v) is 3.41. The van der Waals surface area contributed by atoms with E-state index in [1.165, 1.54) is 6.92 Å². The number of hydrogen-bond acceptors (Lipinski definition) is 5. The van der Waals surface area contributed by atoms with E-state index in [4.69, 9.17) is 4.74 Å². The Bertz CT molecular complexity index is 538. The van der Waals surface area contributed by atoms with Gasteiger partial charge in [0.2, 0.25) is 5.91 Å². The highest BCUT2D eigenvalue weighted by molar-refractivity contribution is 5.93. The average Bonchev–Trinajstić information content (AvgIpc) is 3.01. The monoisotopic (exact) mass is 303 g/mol. The number of ether oxygens (including phenoxy) is 1. The molecule has 1 saturated heterocycles. The van der Waals surface area contributed by atoms with Crippen LogP contribution in [0.25, 0.3) is 0 Å². The van der Waals surface area contributed by atoms with Crippen LogP contribution in [0.5, 0.6) is 0 Å². The molecule has 117 valence electrons. The summed E-state index contributed by atoms with van der Waals surface area (Å²) in [5.74, 6) is -1.69. The van der Waals surface area contributed by atoms with Gasteiger partial charge in [-0.15, -0.1) is 0 Å². The van der Waals surface area contributed by atoms with Gasteiger partial charge in [0.05, 0.1) is 0 Å². The summed E-state index contributed by atoms with van der Waals surface area (Å²) in [6, 6.07) is 8.78. The highest BCUT2D eigenvalue weighted by Crippen LogP contribution is 2.09. The minimum Gasteiger partial charge on any atom is -0.390 e. The molecule has 1 fully saturated rings. The number of hydrogen-bond donors (Lipinski definition) is 2. The van der Waals surface area contributed by atoms with Crippen molar-refractivity contribution in [3.05, 3.63) is 35.9 Å². The Morgan fingerprint density at radius 3 is 2.86 bits per heavy atom. The molecule has 1 aliphatic rings. The van der Waals surface area contributed by atoms with Crippen molar-refractivity contribution in [2.75, 3.05) is 6.54 Å². The molecule has 1 aromatic rings. The molecule has 2 atom stereocenters. The van der Waals surface area contributed by atoms with Crippen molar-refractivity contribution in [3.8, 4) is 0 Å². The number of esters is 2. The van der Waals surface area contributed by atoms with Crippen molar-refractivity contribution in [1.29, 1.82) is 0 Å². The molecule has 1 unspecified atom stereocenters.